The van der Waals surface area contributed by atoms with Gasteiger partial charge in [-0.1, -0.05) is 25.4 Å². The van der Waals surface area contributed by atoms with Crippen LogP contribution in [0.2, 0.25) is 5.02 Å². The highest BCUT2D eigenvalue weighted by atomic mass is 35.5. The normalized spacial score (nSPS) is 10.9. The Balaban J connectivity index is 2.92. The first-order valence-corrected chi connectivity index (χ1v) is 6.05. The minimum atomic E-state index is 0.452. The van der Waals surface area contributed by atoms with E-state index in [2.05, 4.69) is 30.7 Å². The minimum absolute atomic E-state index is 0.452. The van der Waals surface area contributed by atoms with E-state index in [9.17, 15) is 0 Å². The molecule has 0 saturated heterocycles. The van der Waals surface area contributed by atoms with E-state index in [-0.39, 0.29) is 0 Å². The number of anilines is 1. The summed E-state index contributed by atoms with van der Waals surface area (Å²) in [6.07, 6.45) is 1.68. The van der Waals surface area contributed by atoms with Crippen LogP contribution < -0.4 is 10.6 Å². The Morgan fingerprint density at radius 1 is 1.50 bits per heavy atom. The summed E-state index contributed by atoms with van der Waals surface area (Å²) in [6.45, 7) is 8.91. The molecule has 0 aliphatic rings. The van der Waals surface area contributed by atoms with Crippen molar-refractivity contribution in [3.63, 3.8) is 0 Å². The molecule has 3 nitrogen and oxygen atoms in total. The van der Waals surface area contributed by atoms with Gasteiger partial charge < -0.3 is 10.6 Å². The van der Waals surface area contributed by atoms with E-state index in [0.29, 0.717) is 17.5 Å². The first-order valence-electron chi connectivity index (χ1n) is 5.67. The third kappa shape index (κ3) is 3.35. The molecule has 0 spiro atoms. The third-order valence-corrected chi connectivity index (χ3v) is 2.77. The molecule has 0 saturated carbocycles. The van der Waals surface area contributed by atoms with Crippen molar-refractivity contribution in [1.29, 1.82) is 0 Å². The fraction of sp³-hybridized carbons (Fsp3) is 0.583. The lowest BCUT2D eigenvalue weighted by atomic mass is 10.2. The second-order valence-corrected chi connectivity index (χ2v) is 4.68. The number of nitrogens with zero attached hydrogens (tertiary/aromatic N) is 2. The summed E-state index contributed by atoms with van der Waals surface area (Å²) in [6, 6.07) is 1.98. The van der Waals surface area contributed by atoms with Crippen LogP contribution in [0.3, 0.4) is 0 Å². The second-order valence-electron chi connectivity index (χ2n) is 4.27. The van der Waals surface area contributed by atoms with Crippen LogP contribution in [0.15, 0.2) is 12.3 Å². The van der Waals surface area contributed by atoms with E-state index in [4.69, 9.17) is 17.3 Å². The topological polar surface area (TPSA) is 42.1 Å². The van der Waals surface area contributed by atoms with Gasteiger partial charge in [0.05, 0.1) is 5.02 Å². The average Bonchev–Trinajstić information content (AvgIpc) is 2.26. The molecule has 2 N–H and O–H groups in total. The van der Waals surface area contributed by atoms with Gasteiger partial charge in [-0.2, -0.15) is 0 Å². The zero-order chi connectivity index (χ0) is 12.1. The van der Waals surface area contributed by atoms with Crippen LogP contribution in [-0.2, 0) is 6.54 Å². The maximum atomic E-state index is 5.99. The van der Waals surface area contributed by atoms with Crippen LogP contribution in [0.25, 0.3) is 0 Å². The Bertz CT molecular complexity index is 339. The Morgan fingerprint density at radius 2 is 2.19 bits per heavy atom. The molecule has 0 fully saturated rings. The van der Waals surface area contributed by atoms with Gasteiger partial charge in [0, 0.05) is 25.8 Å². The fourth-order valence-corrected chi connectivity index (χ4v) is 1.80. The first kappa shape index (κ1) is 13.3. The SMILES string of the molecule is CCN(CC(C)C)c1cc(CN)c(Cl)cn1. The number of aromatic nitrogens is 1. The van der Waals surface area contributed by atoms with Crippen molar-refractivity contribution in [2.45, 2.75) is 27.3 Å². The third-order valence-electron chi connectivity index (χ3n) is 2.43. The minimum Gasteiger partial charge on any atom is -0.357 e. The molecular weight excluding hydrogens is 222 g/mol. The van der Waals surface area contributed by atoms with E-state index in [0.717, 1.165) is 24.5 Å². The van der Waals surface area contributed by atoms with Crippen molar-refractivity contribution in [3.05, 3.63) is 22.8 Å². The molecule has 0 atom stereocenters. The van der Waals surface area contributed by atoms with Crippen LogP contribution in [0.5, 0.6) is 0 Å². The molecule has 0 aromatic carbocycles. The van der Waals surface area contributed by atoms with Crippen molar-refractivity contribution in [2.24, 2.45) is 11.7 Å². The number of hydrogen-bond acceptors (Lipinski definition) is 3. The quantitative estimate of drug-likeness (QED) is 0.862. The van der Waals surface area contributed by atoms with Crippen molar-refractivity contribution in [3.8, 4) is 0 Å². The van der Waals surface area contributed by atoms with Gasteiger partial charge in [-0.3, -0.25) is 0 Å². The summed E-state index contributed by atoms with van der Waals surface area (Å²) in [5, 5.41) is 0.645. The zero-order valence-electron chi connectivity index (χ0n) is 10.2. The molecule has 16 heavy (non-hydrogen) atoms. The van der Waals surface area contributed by atoms with Crippen LogP contribution in [0, 0.1) is 5.92 Å². The van der Waals surface area contributed by atoms with E-state index in [1.54, 1.807) is 6.20 Å². The van der Waals surface area contributed by atoms with Crippen molar-refractivity contribution in [2.75, 3.05) is 18.0 Å². The van der Waals surface area contributed by atoms with Gasteiger partial charge >= 0.3 is 0 Å². The van der Waals surface area contributed by atoms with Gasteiger partial charge in [-0.05, 0) is 24.5 Å². The number of hydrogen-bond donors (Lipinski definition) is 1. The van der Waals surface area contributed by atoms with Gasteiger partial charge in [-0.15, -0.1) is 0 Å². The molecule has 0 bridgehead atoms. The van der Waals surface area contributed by atoms with Gasteiger partial charge in [0.25, 0.3) is 0 Å². The molecule has 0 aliphatic heterocycles. The lowest BCUT2D eigenvalue weighted by molar-refractivity contribution is 0.614. The average molecular weight is 242 g/mol. The van der Waals surface area contributed by atoms with E-state index in [1.807, 2.05) is 6.07 Å². The molecule has 1 rings (SSSR count). The van der Waals surface area contributed by atoms with Gasteiger partial charge in [-0.25, -0.2) is 4.98 Å². The van der Waals surface area contributed by atoms with Gasteiger partial charge in [0.1, 0.15) is 5.82 Å². The number of nitrogens with two attached hydrogens (primary N) is 1. The highest BCUT2D eigenvalue weighted by Crippen LogP contribution is 2.20. The molecule has 0 amide bonds. The number of rotatable bonds is 5. The molecule has 4 heteroatoms. The fourth-order valence-electron chi connectivity index (χ4n) is 1.62. The standard InChI is InChI=1S/C12H20ClN3/c1-4-16(8-9(2)3)12-5-10(6-14)11(13)7-15-12/h5,7,9H,4,6,8,14H2,1-3H3. The first-order chi connectivity index (χ1) is 7.58. The maximum Gasteiger partial charge on any atom is 0.128 e. The Morgan fingerprint density at radius 3 is 2.69 bits per heavy atom. The summed E-state index contributed by atoms with van der Waals surface area (Å²) >= 11 is 5.99. The summed E-state index contributed by atoms with van der Waals surface area (Å²) in [5.41, 5.74) is 6.58. The van der Waals surface area contributed by atoms with Crippen molar-refractivity contribution in [1.82, 2.24) is 4.98 Å². The molecule has 0 unspecified atom stereocenters. The highest BCUT2D eigenvalue weighted by molar-refractivity contribution is 6.31. The lowest BCUT2D eigenvalue weighted by Crippen LogP contribution is -2.28. The van der Waals surface area contributed by atoms with Crippen LogP contribution in [0.1, 0.15) is 26.3 Å². The summed E-state index contributed by atoms with van der Waals surface area (Å²) in [5.74, 6) is 1.57. The van der Waals surface area contributed by atoms with Crippen LogP contribution in [0.4, 0.5) is 5.82 Å². The van der Waals surface area contributed by atoms with Crippen molar-refractivity contribution >= 4 is 17.4 Å². The molecule has 90 valence electrons. The lowest BCUT2D eigenvalue weighted by Gasteiger charge is -2.24. The predicted molar refractivity (Wildman–Crippen MR) is 69.9 cm³/mol. The van der Waals surface area contributed by atoms with Crippen LogP contribution in [-0.4, -0.2) is 18.1 Å². The van der Waals surface area contributed by atoms with Gasteiger partial charge in [0.15, 0.2) is 0 Å². The predicted octanol–water partition coefficient (Wildman–Crippen LogP) is 2.68. The maximum absolute atomic E-state index is 5.99. The van der Waals surface area contributed by atoms with E-state index < -0.39 is 0 Å². The Labute approximate surface area is 103 Å². The molecule has 0 aliphatic carbocycles. The Kier molecular flexibility index (Phi) is 5.03. The number of halogens is 1. The molecule has 0 radical (unpaired) electrons. The monoisotopic (exact) mass is 241 g/mol. The largest absolute Gasteiger partial charge is 0.357 e. The van der Waals surface area contributed by atoms with Gasteiger partial charge in [0.2, 0.25) is 0 Å². The van der Waals surface area contributed by atoms with Crippen LogP contribution >= 0.6 is 11.6 Å². The number of pyridine rings is 1. The molecule has 1 heterocycles. The second kappa shape index (κ2) is 6.06. The van der Waals surface area contributed by atoms with E-state index in [1.165, 1.54) is 0 Å². The summed E-state index contributed by atoms with van der Waals surface area (Å²) < 4.78 is 0. The van der Waals surface area contributed by atoms with E-state index >= 15 is 0 Å². The Hall–Kier alpha value is -0.800. The highest BCUT2D eigenvalue weighted by Gasteiger charge is 2.09. The smallest absolute Gasteiger partial charge is 0.128 e. The summed E-state index contributed by atoms with van der Waals surface area (Å²) in [7, 11) is 0. The molecular formula is C12H20ClN3. The van der Waals surface area contributed by atoms with Crippen molar-refractivity contribution < 1.29 is 0 Å². The molecule has 1 aromatic rings. The zero-order valence-corrected chi connectivity index (χ0v) is 11.0. The summed E-state index contributed by atoms with van der Waals surface area (Å²) in [4.78, 5) is 6.59. The molecule has 1 aromatic heterocycles.